The lowest BCUT2D eigenvalue weighted by Crippen LogP contribution is -1.97. The molecule has 1 aromatic carbocycles. The van der Waals surface area contributed by atoms with Gasteiger partial charge in [-0.3, -0.25) is 10.1 Å². The number of nitro groups is 1. The summed E-state index contributed by atoms with van der Waals surface area (Å²) in [6.45, 7) is 1.91. The molecule has 4 aromatic heterocycles. The molecule has 29 heavy (non-hydrogen) atoms. The van der Waals surface area contributed by atoms with Crippen molar-refractivity contribution in [3.63, 3.8) is 0 Å². The SMILES string of the molecule is Cc1nc2ncccc2cc1-c1nnc2sc(Cc3ccc([N+](=O)[O-])cc3)nn12. The predicted molar refractivity (Wildman–Crippen MR) is 108 cm³/mol. The number of aryl methyl sites for hydroxylation is 1. The van der Waals surface area contributed by atoms with Crippen LogP contribution in [0.25, 0.3) is 27.4 Å². The first-order valence-corrected chi connectivity index (χ1v) is 9.57. The summed E-state index contributed by atoms with van der Waals surface area (Å²) < 4.78 is 1.72. The third-order valence-electron chi connectivity index (χ3n) is 4.56. The minimum atomic E-state index is -0.408. The maximum Gasteiger partial charge on any atom is 0.269 e. The molecule has 5 rings (SSSR count). The Bertz CT molecular complexity index is 1370. The lowest BCUT2D eigenvalue weighted by molar-refractivity contribution is -0.384. The molecule has 0 aliphatic rings. The van der Waals surface area contributed by atoms with E-state index in [1.807, 2.05) is 25.1 Å². The van der Waals surface area contributed by atoms with E-state index in [9.17, 15) is 10.1 Å². The van der Waals surface area contributed by atoms with Crippen LogP contribution in [0.4, 0.5) is 5.69 Å². The molecule has 4 heterocycles. The van der Waals surface area contributed by atoms with Gasteiger partial charge < -0.3 is 0 Å². The van der Waals surface area contributed by atoms with E-state index in [2.05, 4.69) is 25.3 Å². The van der Waals surface area contributed by atoms with Crippen LogP contribution in [-0.4, -0.2) is 34.7 Å². The molecule has 142 valence electrons. The maximum atomic E-state index is 10.8. The molecule has 0 aliphatic carbocycles. The van der Waals surface area contributed by atoms with Crippen molar-refractivity contribution in [2.24, 2.45) is 0 Å². The molecule has 0 aliphatic heterocycles. The molecule has 9 nitrogen and oxygen atoms in total. The topological polar surface area (TPSA) is 112 Å². The molecule has 0 bridgehead atoms. The molecule has 0 saturated carbocycles. The van der Waals surface area contributed by atoms with E-state index >= 15 is 0 Å². The summed E-state index contributed by atoms with van der Waals surface area (Å²) in [7, 11) is 0. The normalized spacial score (nSPS) is 11.3. The first-order chi connectivity index (χ1) is 14.1. The van der Waals surface area contributed by atoms with Crippen molar-refractivity contribution >= 4 is 33.0 Å². The highest BCUT2D eigenvalue weighted by molar-refractivity contribution is 7.16. The summed E-state index contributed by atoms with van der Waals surface area (Å²) in [5.41, 5.74) is 3.35. The minimum absolute atomic E-state index is 0.0722. The molecule has 10 heteroatoms. The summed E-state index contributed by atoms with van der Waals surface area (Å²) in [5.74, 6) is 0.627. The summed E-state index contributed by atoms with van der Waals surface area (Å²) >= 11 is 1.44. The number of pyridine rings is 2. The van der Waals surface area contributed by atoms with Gasteiger partial charge >= 0.3 is 0 Å². The Balaban J connectivity index is 1.52. The predicted octanol–water partition coefficient (Wildman–Crippen LogP) is 3.60. The van der Waals surface area contributed by atoms with E-state index in [1.54, 1.807) is 22.8 Å². The summed E-state index contributed by atoms with van der Waals surface area (Å²) in [4.78, 5) is 19.9. The minimum Gasteiger partial charge on any atom is -0.258 e. The van der Waals surface area contributed by atoms with Gasteiger partial charge in [-0.15, -0.1) is 10.2 Å². The first kappa shape index (κ1) is 17.3. The molecule has 0 amide bonds. The van der Waals surface area contributed by atoms with E-state index in [-0.39, 0.29) is 5.69 Å². The zero-order valence-corrected chi connectivity index (χ0v) is 16.0. The lowest BCUT2D eigenvalue weighted by atomic mass is 10.1. The molecule has 0 fully saturated rings. The average molecular weight is 403 g/mol. The van der Waals surface area contributed by atoms with E-state index < -0.39 is 4.92 Å². The number of nitrogens with zero attached hydrogens (tertiary/aromatic N) is 7. The second kappa shape index (κ2) is 6.67. The Hall–Kier alpha value is -3.79. The Kier molecular flexibility index (Phi) is 3.98. The second-order valence-electron chi connectivity index (χ2n) is 6.49. The van der Waals surface area contributed by atoms with Gasteiger partial charge in [0.05, 0.1) is 10.6 Å². The Morgan fingerprint density at radius 2 is 2.00 bits per heavy atom. The van der Waals surface area contributed by atoms with Crippen LogP contribution >= 0.6 is 11.3 Å². The number of nitro benzene ring substituents is 1. The molecule has 0 spiro atoms. The van der Waals surface area contributed by atoms with Gasteiger partial charge in [0.25, 0.3) is 5.69 Å². The smallest absolute Gasteiger partial charge is 0.258 e. The van der Waals surface area contributed by atoms with Crippen molar-refractivity contribution in [1.29, 1.82) is 0 Å². The van der Waals surface area contributed by atoms with Gasteiger partial charge in [0.2, 0.25) is 4.96 Å². The van der Waals surface area contributed by atoms with Crippen molar-refractivity contribution in [1.82, 2.24) is 29.8 Å². The monoisotopic (exact) mass is 403 g/mol. The Morgan fingerprint density at radius 3 is 2.79 bits per heavy atom. The third-order valence-corrected chi connectivity index (χ3v) is 5.46. The fraction of sp³-hybridized carbons (Fsp3) is 0.105. The van der Waals surface area contributed by atoms with Crippen molar-refractivity contribution in [2.75, 3.05) is 0 Å². The Labute approximate surface area is 167 Å². The van der Waals surface area contributed by atoms with Crippen molar-refractivity contribution in [3.05, 3.63) is 75.0 Å². The molecule has 0 N–H and O–H groups in total. The first-order valence-electron chi connectivity index (χ1n) is 8.76. The molecule has 0 saturated heterocycles. The van der Waals surface area contributed by atoms with E-state index in [0.29, 0.717) is 22.9 Å². The van der Waals surface area contributed by atoms with Gasteiger partial charge in [-0.1, -0.05) is 23.5 Å². The van der Waals surface area contributed by atoms with E-state index in [4.69, 9.17) is 0 Å². The van der Waals surface area contributed by atoms with Gasteiger partial charge in [0.15, 0.2) is 11.5 Å². The van der Waals surface area contributed by atoms with E-state index in [1.165, 1.54) is 23.5 Å². The number of rotatable bonds is 4. The number of fused-ring (bicyclic) bond motifs is 2. The quantitative estimate of drug-likeness (QED) is 0.333. The van der Waals surface area contributed by atoms with Gasteiger partial charge in [-0.05, 0) is 30.7 Å². The zero-order chi connectivity index (χ0) is 20.0. The summed E-state index contributed by atoms with van der Waals surface area (Å²) in [5, 5.41) is 25.8. The van der Waals surface area contributed by atoms with Crippen LogP contribution in [-0.2, 0) is 6.42 Å². The fourth-order valence-corrected chi connectivity index (χ4v) is 3.99. The molecule has 0 atom stereocenters. The maximum absolute atomic E-state index is 10.8. The largest absolute Gasteiger partial charge is 0.269 e. The number of aromatic nitrogens is 6. The summed E-state index contributed by atoms with van der Waals surface area (Å²) in [6, 6.07) is 12.3. The highest BCUT2D eigenvalue weighted by Gasteiger charge is 2.17. The molecule has 5 aromatic rings. The number of benzene rings is 1. The van der Waals surface area contributed by atoms with Crippen LogP contribution in [0.5, 0.6) is 0 Å². The number of hydrogen-bond donors (Lipinski definition) is 0. The molecule has 0 radical (unpaired) electrons. The van der Waals surface area contributed by atoms with Crippen LogP contribution in [0.2, 0.25) is 0 Å². The van der Waals surface area contributed by atoms with E-state index in [0.717, 1.165) is 27.2 Å². The van der Waals surface area contributed by atoms with Gasteiger partial charge in [-0.25, -0.2) is 9.97 Å². The van der Waals surface area contributed by atoms with Crippen LogP contribution in [0, 0.1) is 17.0 Å². The molecule has 0 unspecified atom stereocenters. The second-order valence-corrected chi connectivity index (χ2v) is 7.53. The van der Waals surface area contributed by atoms with Crippen LogP contribution < -0.4 is 0 Å². The van der Waals surface area contributed by atoms with Gasteiger partial charge in [-0.2, -0.15) is 9.61 Å². The fourth-order valence-electron chi connectivity index (χ4n) is 3.13. The molecular formula is C19H13N7O2S. The van der Waals surface area contributed by atoms with Crippen LogP contribution in [0.1, 0.15) is 16.3 Å². The highest BCUT2D eigenvalue weighted by atomic mass is 32.1. The standard InChI is InChI=1S/C19H13N7O2S/c1-11-15(10-13-3-2-8-20-17(13)21-11)18-22-23-19-25(18)24-16(29-19)9-12-4-6-14(7-5-12)26(27)28/h2-8,10H,9H2,1H3. The number of non-ortho nitro benzene ring substituents is 1. The van der Waals surface area contributed by atoms with Crippen LogP contribution in [0.3, 0.4) is 0 Å². The summed E-state index contributed by atoms with van der Waals surface area (Å²) in [6.07, 6.45) is 2.28. The highest BCUT2D eigenvalue weighted by Crippen LogP contribution is 2.27. The third kappa shape index (κ3) is 3.09. The van der Waals surface area contributed by atoms with Crippen molar-refractivity contribution in [2.45, 2.75) is 13.3 Å². The van der Waals surface area contributed by atoms with Crippen molar-refractivity contribution in [3.8, 4) is 11.4 Å². The van der Waals surface area contributed by atoms with Gasteiger partial charge in [0, 0.05) is 35.7 Å². The average Bonchev–Trinajstić information content (AvgIpc) is 3.28. The van der Waals surface area contributed by atoms with Gasteiger partial charge in [0.1, 0.15) is 5.01 Å². The lowest BCUT2D eigenvalue weighted by Gasteiger charge is -2.04. The number of hydrogen-bond acceptors (Lipinski definition) is 8. The zero-order valence-electron chi connectivity index (χ0n) is 15.2. The van der Waals surface area contributed by atoms with Crippen LogP contribution in [0.15, 0.2) is 48.7 Å². The molecular weight excluding hydrogens is 390 g/mol. The van der Waals surface area contributed by atoms with Crippen molar-refractivity contribution < 1.29 is 4.92 Å². The Morgan fingerprint density at radius 1 is 1.17 bits per heavy atom.